The molecule has 0 aliphatic carbocycles. The quantitative estimate of drug-likeness (QED) is 0.723. The largest absolute Gasteiger partial charge is 0.497 e. The van der Waals surface area contributed by atoms with Crippen LogP contribution < -0.4 is 10.1 Å². The molecule has 0 spiro atoms. The molecule has 2 N–H and O–H groups in total. The maximum absolute atomic E-state index is 11.5. The first-order valence-electron chi connectivity index (χ1n) is 8.23. The lowest BCUT2D eigenvalue weighted by atomic mass is 10.0. The summed E-state index contributed by atoms with van der Waals surface area (Å²) in [6.45, 7) is 2.48. The van der Waals surface area contributed by atoms with Crippen LogP contribution in [0.5, 0.6) is 5.75 Å². The molecule has 1 heterocycles. The lowest BCUT2D eigenvalue weighted by Crippen LogP contribution is -2.24. The Kier molecular flexibility index (Phi) is 4.85. The van der Waals surface area contributed by atoms with E-state index in [9.17, 15) is 4.79 Å². The topological polar surface area (TPSA) is 54.1 Å². The van der Waals surface area contributed by atoms with E-state index in [1.165, 1.54) is 5.56 Å². The molecule has 4 heteroatoms. The lowest BCUT2D eigenvalue weighted by molar-refractivity contribution is -0.120. The first-order chi connectivity index (χ1) is 11.7. The van der Waals surface area contributed by atoms with Gasteiger partial charge in [0.15, 0.2) is 0 Å². The lowest BCUT2D eigenvalue weighted by Gasteiger charge is -2.07. The fraction of sp³-hybridized carbons (Fsp3) is 0.250. The second kappa shape index (κ2) is 7.21. The van der Waals surface area contributed by atoms with Crippen molar-refractivity contribution in [3.05, 3.63) is 54.1 Å². The molecule has 0 unspecified atom stereocenters. The highest BCUT2D eigenvalue weighted by Gasteiger charge is 2.14. The van der Waals surface area contributed by atoms with Gasteiger partial charge in [-0.2, -0.15) is 0 Å². The Bertz CT molecular complexity index is 837. The van der Waals surface area contributed by atoms with Crippen LogP contribution in [0.2, 0.25) is 0 Å². The number of benzene rings is 2. The predicted molar refractivity (Wildman–Crippen MR) is 97.3 cm³/mol. The van der Waals surface area contributed by atoms with Gasteiger partial charge in [-0.3, -0.25) is 4.79 Å². The fourth-order valence-electron chi connectivity index (χ4n) is 2.92. The third-order valence-electron chi connectivity index (χ3n) is 4.19. The van der Waals surface area contributed by atoms with Gasteiger partial charge in [0.1, 0.15) is 5.75 Å². The van der Waals surface area contributed by atoms with Gasteiger partial charge in [-0.1, -0.05) is 37.3 Å². The summed E-state index contributed by atoms with van der Waals surface area (Å²) in [6, 6.07) is 16.3. The molecular weight excluding hydrogens is 300 g/mol. The highest BCUT2D eigenvalue weighted by atomic mass is 16.5. The van der Waals surface area contributed by atoms with Gasteiger partial charge in [-0.25, -0.2) is 0 Å². The van der Waals surface area contributed by atoms with Gasteiger partial charge in [0, 0.05) is 29.6 Å². The summed E-state index contributed by atoms with van der Waals surface area (Å²) in [6.07, 6.45) is 1.27. The van der Waals surface area contributed by atoms with Crippen LogP contribution in [0.3, 0.4) is 0 Å². The van der Waals surface area contributed by atoms with Crippen molar-refractivity contribution in [1.82, 2.24) is 10.3 Å². The Morgan fingerprint density at radius 3 is 2.67 bits per heavy atom. The molecule has 0 aliphatic rings. The highest BCUT2D eigenvalue weighted by molar-refractivity contribution is 5.91. The standard InChI is InChI=1S/C20H22N2O2/c1-3-19(23)21-12-11-16-17-13-15(24-2)9-10-18(17)22-20(16)14-7-5-4-6-8-14/h4-10,13,22H,3,11-12H2,1-2H3,(H,21,23). The maximum atomic E-state index is 11.5. The van der Waals surface area contributed by atoms with E-state index >= 15 is 0 Å². The Morgan fingerprint density at radius 2 is 1.96 bits per heavy atom. The number of carbonyl (C=O) groups excluding carboxylic acids is 1. The van der Waals surface area contributed by atoms with E-state index in [-0.39, 0.29) is 5.91 Å². The van der Waals surface area contributed by atoms with E-state index in [0.717, 1.165) is 34.3 Å². The zero-order valence-electron chi connectivity index (χ0n) is 14.1. The van der Waals surface area contributed by atoms with Gasteiger partial charge in [-0.15, -0.1) is 0 Å². The molecule has 4 nitrogen and oxygen atoms in total. The van der Waals surface area contributed by atoms with Gasteiger partial charge in [-0.05, 0) is 35.7 Å². The number of nitrogens with one attached hydrogen (secondary N) is 2. The van der Waals surface area contributed by atoms with Crippen LogP contribution >= 0.6 is 0 Å². The first kappa shape index (κ1) is 16.1. The number of H-pyrrole nitrogens is 1. The van der Waals surface area contributed by atoms with E-state index < -0.39 is 0 Å². The van der Waals surface area contributed by atoms with Gasteiger partial charge in [0.05, 0.1) is 7.11 Å². The molecular formula is C20H22N2O2. The summed E-state index contributed by atoms with van der Waals surface area (Å²) in [7, 11) is 1.67. The molecule has 0 atom stereocenters. The molecule has 0 bridgehead atoms. The number of hydrogen-bond acceptors (Lipinski definition) is 2. The van der Waals surface area contributed by atoms with Crippen molar-refractivity contribution in [1.29, 1.82) is 0 Å². The minimum absolute atomic E-state index is 0.0775. The average molecular weight is 322 g/mol. The molecule has 3 aromatic rings. The van der Waals surface area contributed by atoms with Crippen molar-refractivity contribution in [2.24, 2.45) is 0 Å². The van der Waals surface area contributed by atoms with E-state index in [0.29, 0.717) is 13.0 Å². The van der Waals surface area contributed by atoms with Gasteiger partial charge in [0.2, 0.25) is 5.91 Å². The van der Waals surface area contributed by atoms with E-state index in [4.69, 9.17) is 4.74 Å². The molecule has 24 heavy (non-hydrogen) atoms. The van der Waals surface area contributed by atoms with Crippen molar-refractivity contribution in [2.75, 3.05) is 13.7 Å². The number of hydrogen-bond donors (Lipinski definition) is 2. The average Bonchev–Trinajstić information content (AvgIpc) is 3.00. The van der Waals surface area contributed by atoms with Crippen LogP contribution in [0.15, 0.2) is 48.5 Å². The molecule has 0 saturated carbocycles. The molecule has 1 aromatic heterocycles. The van der Waals surface area contributed by atoms with Crippen molar-refractivity contribution in [2.45, 2.75) is 19.8 Å². The van der Waals surface area contributed by atoms with Gasteiger partial charge >= 0.3 is 0 Å². The number of ether oxygens (including phenoxy) is 1. The molecule has 0 radical (unpaired) electrons. The second-order valence-corrected chi connectivity index (χ2v) is 5.71. The monoisotopic (exact) mass is 322 g/mol. The van der Waals surface area contributed by atoms with E-state index in [2.05, 4.69) is 28.5 Å². The van der Waals surface area contributed by atoms with Crippen LogP contribution in [0.4, 0.5) is 0 Å². The third kappa shape index (κ3) is 3.27. The van der Waals surface area contributed by atoms with Crippen LogP contribution in [-0.4, -0.2) is 24.5 Å². The minimum atomic E-state index is 0.0775. The summed E-state index contributed by atoms with van der Waals surface area (Å²) < 4.78 is 5.37. The fourth-order valence-corrected chi connectivity index (χ4v) is 2.92. The first-order valence-corrected chi connectivity index (χ1v) is 8.23. The van der Waals surface area contributed by atoms with Crippen molar-refractivity contribution in [3.8, 4) is 17.0 Å². The zero-order valence-corrected chi connectivity index (χ0v) is 14.1. The van der Waals surface area contributed by atoms with Gasteiger partial charge < -0.3 is 15.0 Å². The number of carbonyl (C=O) groups is 1. The molecule has 0 fully saturated rings. The second-order valence-electron chi connectivity index (χ2n) is 5.71. The number of aromatic amines is 1. The summed E-state index contributed by atoms with van der Waals surface area (Å²) >= 11 is 0. The summed E-state index contributed by atoms with van der Waals surface area (Å²) in [4.78, 5) is 15.0. The summed E-state index contributed by atoms with van der Waals surface area (Å²) in [5, 5.41) is 4.10. The number of fused-ring (bicyclic) bond motifs is 1. The number of rotatable bonds is 6. The maximum Gasteiger partial charge on any atom is 0.219 e. The van der Waals surface area contributed by atoms with Crippen LogP contribution in [0, 0.1) is 0 Å². The SMILES string of the molecule is CCC(=O)NCCc1c(-c2ccccc2)[nH]c2ccc(OC)cc12. The highest BCUT2D eigenvalue weighted by Crippen LogP contribution is 2.32. The Hall–Kier alpha value is -2.75. The summed E-state index contributed by atoms with van der Waals surface area (Å²) in [5.74, 6) is 0.911. The minimum Gasteiger partial charge on any atom is -0.497 e. The molecule has 124 valence electrons. The Balaban J connectivity index is 2.02. The molecule has 0 saturated heterocycles. The molecule has 3 rings (SSSR count). The number of aromatic nitrogens is 1. The van der Waals surface area contributed by atoms with Crippen LogP contribution in [-0.2, 0) is 11.2 Å². The van der Waals surface area contributed by atoms with Crippen LogP contribution in [0.25, 0.3) is 22.2 Å². The molecule has 1 amide bonds. The molecule has 0 aliphatic heterocycles. The van der Waals surface area contributed by atoms with Crippen LogP contribution in [0.1, 0.15) is 18.9 Å². The smallest absolute Gasteiger partial charge is 0.219 e. The normalized spacial score (nSPS) is 10.8. The van der Waals surface area contributed by atoms with E-state index in [1.54, 1.807) is 7.11 Å². The summed E-state index contributed by atoms with van der Waals surface area (Å²) in [5.41, 5.74) is 4.52. The van der Waals surface area contributed by atoms with Crippen molar-refractivity contribution < 1.29 is 9.53 Å². The Labute approximate surface area is 141 Å². The molecule has 2 aromatic carbocycles. The Morgan fingerprint density at radius 1 is 1.17 bits per heavy atom. The zero-order chi connectivity index (χ0) is 16.9. The van der Waals surface area contributed by atoms with Crippen molar-refractivity contribution in [3.63, 3.8) is 0 Å². The van der Waals surface area contributed by atoms with Gasteiger partial charge in [0.25, 0.3) is 0 Å². The predicted octanol–water partition coefficient (Wildman–Crippen LogP) is 3.91. The third-order valence-corrected chi connectivity index (χ3v) is 4.19. The van der Waals surface area contributed by atoms with E-state index in [1.807, 2.05) is 37.3 Å². The van der Waals surface area contributed by atoms with Crippen molar-refractivity contribution >= 4 is 16.8 Å². The number of amides is 1. The number of methoxy groups -OCH3 is 1.